The molecule has 1 aliphatic rings. The van der Waals surface area contributed by atoms with Crippen molar-refractivity contribution in [3.63, 3.8) is 0 Å². The van der Waals surface area contributed by atoms with Gasteiger partial charge in [0.1, 0.15) is 12.4 Å². The summed E-state index contributed by atoms with van der Waals surface area (Å²) in [6, 6.07) is 5.69. The molecule has 0 bridgehead atoms. The summed E-state index contributed by atoms with van der Waals surface area (Å²) in [6.07, 6.45) is 0.403. The van der Waals surface area contributed by atoms with E-state index in [1.165, 1.54) is 38.3 Å². The van der Waals surface area contributed by atoms with Crippen LogP contribution >= 0.6 is 0 Å². The van der Waals surface area contributed by atoms with E-state index in [9.17, 15) is 13.2 Å². The summed E-state index contributed by atoms with van der Waals surface area (Å²) in [5.41, 5.74) is 0. The minimum absolute atomic E-state index is 0.0583. The Kier molecular flexibility index (Phi) is 5.97. The van der Waals surface area contributed by atoms with Crippen molar-refractivity contribution in [2.75, 3.05) is 20.3 Å². The van der Waals surface area contributed by atoms with Crippen molar-refractivity contribution in [1.29, 1.82) is 0 Å². The SMILES string of the molecule is COc1ccc(S(=O)(=O)O[C@@H](C)C(=O)OCC2CCCO2)cc1. The number of hydrogen-bond donors (Lipinski definition) is 0. The number of methoxy groups -OCH3 is 1. The molecule has 2 rings (SSSR count). The number of rotatable bonds is 7. The fraction of sp³-hybridized carbons (Fsp3) is 0.533. The lowest BCUT2D eigenvalue weighted by molar-refractivity contribution is -0.154. The first-order valence-corrected chi connectivity index (χ1v) is 8.69. The van der Waals surface area contributed by atoms with Gasteiger partial charge in [0.05, 0.1) is 18.1 Å². The van der Waals surface area contributed by atoms with Gasteiger partial charge in [-0.05, 0) is 44.0 Å². The van der Waals surface area contributed by atoms with Crippen LogP contribution in [-0.4, -0.2) is 46.9 Å². The van der Waals surface area contributed by atoms with Gasteiger partial charge in [0.15, 0.2) is 6.10 Å². The Labute approximate surface area is 135 Å². The van der Waals surface area contributed by atoms with E-state index < -0.39 is 22.2 Å². The fourth-order valence-corrected chi connectivity index (χ4v) is 3.13. The van der Waals surface area contributed by atoms with Crippen molar-refractivity contribution in [2.45, 2.75) is 36.9 Å². The van der Waals surface area contributed by atoms with Gasteiger partial charge in [-0.15, -0.1) is 0 Å². The van der Waals surface area contributed by atoms with E-state index in [0.717, 1.165) is 12.8 Å². The quantitative estimate of drug-likeness (QED) is 0.547. The van der Waals surface area contributed by atoms with Crippen molar-refractivity contribution in [3.8, 4) is 5.75 Å². The standard InChI is InChI=1S/C15H20O7S/c1-11(15(16)21-10-13-4-3-9-20-13)22-23(17,18)14-7-5-12(19-2)6-8-14/h5-8,11,13H,3-4,9-10H2,1-2H3/t11-,13?/m0/s1. The van der Waals surface area contributed by atoms with Crippen molar-refractivity contribution in [1.82, 2.24) is 0 Å². The molecule has 1 saturated heterocycles. The molecule has 0 aromatic heterocycles. The second kappa shape index (κ2) is 7.76. The molecule has 128 valence electrons. The van der Waals surface area contributed by atoms with Gasteiger partial charge in [-0.1, -0.05) is 0 Å². The number of carbonyl (C=O) groups excluding carboxylic acids is 1. The zero-order valence-corrected chi connectivity index (χ0v) is 13.9. The minimum Gasteiger partial charge on any atom is -0.497 e. The maximum atomic E-state index is 12.1. The van der Waals surface area contributed by atoms with E-state index in [2.05, 4.69) is 0 Å². The van der Waals surface area contributed by atoms with Crippen molar-refractivity contribution in [2.24, 2.45) is 0 Å². The highest BCUT2D eigenvalue weighted by Gasteiger charge is 2.26. The van der Waals surface area contributed by atoms with E-state index >= 15 is 0 Å². The second-order valence-electron chi connectivity index (χ2n) is 5.13. The third kappa shape index (κ3) is 4.92. The summed E-state index contributed by atoms with van der Waals surface area (Å²) in [7, 11) is -2.58. The van der Waals surface area contributed by atoms with Crippen molar-refractivity contribution in [3.05, 3.63) is 24.3 Å². The lowest BCUT2D eigenvalue weighted by Crippen LogP contribution is -2.29. The largest absolute Gasteiger partial charge is 0.497 e. The van der Waals surface area contributed by atoms with Gasteiger partial charge < -0.3 is 14.2 Å². The molecule has 0 N–H and O–H groups in total. The highest BCUT2D eigenvalue weighted by molar-refractivity contribution is 7.86. The first-order valence-electron chi connectivity index (χ1n) is 7.28. The summed E-state index contributed by atoms with van der Waals surface area (Å²) in [6.45, 7) is 2.09. The summed E-state index contributed by atoms with van der Waals surface area (Å²) < 4.78 is 44.4. The number of benzene rings is 1. The van der Waals surface area contributed by atoms with Crippen LogP contribution < -0.4 is 4.74 Å². The van der Waals surface area contributed by atoms with E-state index in [1.807, 2.05) is 0 Å². The fourth-order valence-electron chi connectivity index (χ4n) is 2.10. The van der Waals surface area contributed by atoms with Gasteiger partial charge in [0, 0.05) is 6.61 Å². The van der Waals surface area contributed by atoms with Gasteiger partial charge in [-0.3, -0.25) is 4.18 Å². The third-order valence-corrected chi connectivity index (χ3v) is 4.78. The Balaban J connectivity index is 1.91. The molecule has 1 heterocycles. The first-order chi connectivity index (χ1) is 10.9. The minimum atomic E-state index is -4.05. The van der Waals surface area contributed by atoms with Crippen LogP contribution in [0.1, 0.15) is 19.8 Å². The smallest absolute Gasteiger partial charge is 0.336 e. The molecule has 2 atom stereocenters. The highest BCUT2D eigenvalue weighted by Crippen LogP contribution is 2.19. The zero-order valence-electron chi connectivity index (χ0n) is 13.1. The molecule has 23 heavy (non-hydrogen) atoms. The number of carbonyl (C=O) groups is 1. The van der Waals surface area contributed by atoms with Crippen LogP contribution in [0.25, 0.3) is 0 Å². The van der Waals surface area contributed by atoms with Gasteiger partial charge in [0.25, 0.3) is 10.1 Å². The maximum absolute atomic E-state index is 12.1. The molecule has 1 aromatic rings. The summed E-state index contributed by atoms with van der Waals surface area (Å²) >= 11 is 0. The molecular weight excluding hydrogens is 324 g/mol. The topological polar surface area (TPSA) is 88.1 Å². The van der Waals surface area contributed by atoms with Crippen LogP contribution in [0.2, 0.25) is 0 Å². The Hall–Kier alpha value is -1.64. The lowest BCUT2D eigenvalue weighted by atomic mass is 10.2. The molecule has 8 heteroatoms. The Morgan fingerprint density at radius 1 is 1.35 bits per heavy atom. The predicted molar refractivity (Wildman–Crippen MR) is 80.7 cm³/mol. The number of esters is 1. The summed E-state index contributed by atoms with van der Waals surface area (Å²) in [5, 5.41) is 0. The molecule has 1 aliphatic heterocycles. The number of hydrogen-bond acceptors (Lipinski definition) is 7. The molecule has 7 nitrogen and oxygen atoms in total. The zero-order chi connectivity index (χ0) is 16.9. The molecular formula is C15H20O7S. The molecule has 1 aromatic carbocycles. The van der Waals surface area contributed by atoms with Crippen LogP contribution in [-0.2, 0) is 28.6 Å². The first kappa shape index (κ1) is 17.7. The molecule has 0 saturated carbocycles. The van der Waals surface area contributed by atoms with E-state index in [-0.39, 0.29) is 17.6 Å². The number of ether oxygens (including phenoxy) is 3. The highest BCUT2D eigenvalue weighted by atomic mass is 32.2. The van der Waals surface area contributed by atoms with E-state index in [0.29, 0.717) is 12.4 Å². The molecule has 1 fully saturated rings. The Bertz CT molecular complexity index is 618. The van der Waals surface area contributed by atoms with E-state index in [4.69, 9.17) is 18.4 Å². The molecule has 1 unspecified atom stereocenters. The van der Waals surface area contributed by atoms with Crippen molar-refractivity contribution < 1.29 is 31.6 Å². The van der Waals surface area contributed by atoms with E-state index in [1.54, 1.807) is 0 Å². The Morgan fingerprint density at radius 3 is 2.61 bits per heavy atom. The lowest BCUT2D eigenvalue weighted by Gasteiger charge is -2.15. The van der Waals surface area contributed by atoms with Crippen LogP contribution in [0.4, 0.5) is 0 Å². The van der Waals surface area contributed by atoms with Gasteiger partial charge in [-0.25, -0.2) is 4.79 Å². The monoisotopic (exact) mass is 344 g/mol. The van der Waals surface area contributed by atoms with Gasteiger partial charge >= 0.3 is 5.97 Å². The third-order valence-electron chi connectivity index (χ3n) is 3.39. The predicted octanol–water partition coefficient (Wildman–Crippen LogP) is 1.51. The molecule has 0 aliphatic carbocycles. The van der Waals surface area contributed by atoms with Crippen LogP contribution in [0.15, 0.2) is 29.2 Å². The average molecular weight is 344 g/mol. The normalized spacial score (nSPS) is 19.3. The molecule has 0 radical (unpaired) electrons. The Morgan fingerprint density at radius 2 is 2.04 bits per heavy atom. The molecule has 0 amide bonds. The maximum Gasteiger partial charge on any atom is 0.336 e. The van der Waals surface area contributed by atoms with Crippen LogP contribution in [0.3, 0.4) is 0 Å². The van der Waals surface area contributed by atoms with Gasteiger partial charge in [0.2, 0.25) is 0 Å². The van der Waals surface area contributed by atoms with Gasteiger partial charge in [-0.2, -0.15) is 8.42 Å². The second-order valence-corrected chi connectivity index (χ2v) is 6.71. The van der Waals surface area contributed by atoms with Crippen LogP contribution in [0, 0.1) is 0 Å². The summed E-state index contributed by atoms with van der Waals surface area (Å²) in [4.78, 5) is 11.8. The van der Waals surface area contributed by atoms with Crippen molar-refractivity contribution >= 4 is 16.1 Å². The van der Waals surface area contributed by atoms with Crippen LogP contribution in [0.5, 0.6) is 5.75 Å². The average Bonchev–Trinajstić information content (AvgIpc) is 3.05. The molecule has 0 spiro atoms. The summed E-state index contributed by atoms with van der Waals surface area (Å²) in [5.74, 6) is -0.217.